The Bertz CT molecular complexity index is 1040. The van der Waals surface area contributed by atoms with Crippen molar-refractivity contribution >= 4 is 33.4 Å². The second-order valence-corrected chi connectivity index (χ2v) is 10.2. The van der Waals surface area contributed by atoms with Gasteiger partial charge in [-0.05, 0) is 37.1 Å². The van der Waals surface area contributed by atoms with Crippen LogP contribution in [0, 0.1) is 11.3 Å². The van der Waals surface area contributed by atoms with E-state index in [2.05, 4.69) is 16.7 Å². The van der Waals surface area contributed by atoms with Crippen molar-refractivity contribution in [3.63, 3.8) is 0 Å². The smallest absolute Gasteiger partial charge is 0.243 e. The first-order chi connectivity index (χ1) is 16.2. The van der Waals surface area contributed by atoms with Crippen LogP contribution in [0.25, 0.3) is 0 Å². The number of carbonyl (C=O) groups excluding carboxylic acids is 3. The van der Waals surface area contributed by atoms with Crippen LogP contribution in [0.15, 0.2) is 29.2 Å². The monoisotopic (exact) mass is 490 g/mol. The van der Waals surface area contributed by atoms with Crippen LogP contribution in [-0.2, 0) is 24.4 Å². The second kappa shape index (κ2) is 11.4. The van der Waals surface area contributed by atoms with Crippen LogP contribution in [-0.4, -0.2) is 92.1 Å². The fourth-order valence-corrected chi connectivity index (χ4v) is 5.51. The third-order valence-electron chi connectivity index (χ3n) is 5.92. The quantitative estimate of drug-likeness (QED) is 0.487. The molecule has 3 amide bonds. The molecule has 0 saturated carbocycles. The Labute approximate surface area is 199 Å². The highest BCUT2D eigenvalue weighted by molar-refractivity contribution is 7.89. The van der Waals surface area contributed by atoms with E-state index in [0.29, 0.717) is 38.3 Å². The maximum absolute atomic E-state index is 12.9. The van der Waals surface area contributed by atoms with Crippen molar-refractivity contribution in [3.05, 3.63) is 24.3 Å². The number of nitriles is 1. The lowest BCUT2D eigenvalue weighted by atomic mass is 10.2. The van der Waals surface area contributed by atoms with Gasteiger partial charge in [-0.25, -0.2) is 8.42 Å². The number of nitrogens with zero attached hydrogens (tertiary/aromatic N) is 4. The number of piperazine rings is 1. The number of nitrogens with one attached hydrogen (secondary N) is 2. The van der Waals surface area contributed by atoms with Gasteiger partial charge in [0.2, 0.25) is 27.7 Å². The van der Waals surface area contributed by atoms with Gasteiger partial charge in [-0.1, -0.05) is 0 Å². The van der Waals surface area contributed by atoms with E-state index in [4.69, 9.17) is 5.26 Å². The summed E-state index contributed by atoms with van der Waals surface area (Å²) in [7, 11) is -3.70. The Balaban J connectivity index is 1.41. The summed E-state index contributed by atoms with van der Waals surface area (Å²) in [5, 5.41) is 14.6. The summed E-state index contributed by atoms with van der Waals surface area (Å²) in [6.45, 7) is 3.34. The Kier molecular flexibility index (Phi) is 8.60. The lowest BCUT2D eigenvalue weighted by molar-refractivity contribution is -0.133. The number of benzene rings is 1. The Morgan fingerprint density at radius 1 is 1.06 bits per heavy atom. The highest BCUT2D eigenvalue weighted by atomic mass is 32.2. The highest BCUT2D eigenvalue weighted by Crippen LogP contribution is 2.20. The van der Waals surface area contributed by atoms with E-state index in [1.54, 1.807) is 9.80 Å². The number of anilines is 1. The first-order valence-electron chi connectivity index (χ1n) is 11.3. The maximum atomic E-state index is 12.9. The summed E-state index contributed by atoms with van der Waals surface area (Å²) in [6, 6.07) is 7.75. The summed E-state index contributed by atoms with van der Waals surface area (Å²) in [4.78, 5) is 39.2. The van der Waals surface area contributed by atoms with E-state index in [-0.39, 0.29) is 54.7 Å². The molecule has 2 saturated heterocycles. The minimum Gasteiger partial charge on any atom is -0.340 e. The molecule has 1 aromatic carbocycles. The first-order valence-corrected chi connectivity index (χ1v) is 12.7. The zero-order chi connectivity index (χ0) is 24.7. The van der Waals surface area contributed by atoms with Crippen molar-refractivity contribution < 1.29 is 22.8 Å². The Morgan fingerprint density at radius 3 is 2.35 bits per heavy atom. The minimum absolute atomic E-state index is 0.0816. The molecule has 1 unspecified atom stereocenters. The molecule has 0 aromatic heterocycles. The molecule has 1 atom stereocenters. The molecule has 184 valence electrons. The average molecular weight is 491 g/mol. The predicted octanol–water partition coefficient (Wildman–Crippen LogP) is -0.0278. The molecule has 11 nitrogen and oxygen atoms in total. The minimum atomic E-state index is -3.70. The largest absolute Gasteiger partial charge is 0.340 e. The van der Waals surface area contributed by atoms with Crippen molar-refractivity contribution in [3.8, 4) is 6.07 Å². The van der Waals surface area contributed by atoms with Gasteiger partial charge >= 0.3 is 0 Å². The highest BCUT2D eigenvalue weighted by Gasteiger charge is 2.30. The van der Waals surface area contributed by atoms with Crippen molar-refractivity contribution in [2.24, 2.45) is 0 Å². The van der Waals surface area contributed by atoms with Crippen LogP contribution >= 0.6 is 0 Å². The molecule has 0 bridgehead atoms. The Hall–Kier alpha value is -3.01. The molecule has 2 aliphatic rings. The van der Waals surface area contributed by atoms with Gasteiger partial charge in [0, 0.05) is 58.3 Å². The van der Waals surface area contributed by atoms with Gasteiger partial charge in [0.05, 0.1) is 17.5 Å². The molecular formula is C22H30N6O5S. The number of carbonyl (C=O) groups is 3. The fourth-order valence-electron chi connectivity index (χ4n) is 4.09. The van der Waals surface area contributed by atoms with Gasteiger partial charge in [0.15, 0.2) is 0 Å². The van der Waals surface area contributed by atoms with E-state index >= 15 is 0 Å². The van der Waals surface area contributed by atoms with Crippen LogP contribution in [0.3, 0.4) is 0 Å². The molecule has 3 rings (SSSR count). The van der Waals surface area contributed by atoms with Crippen LogP contribution in [0.1, 0.15) is 26.2 Å². The van der Waals surface area contributed by atoms with Crippen molar-refractivity contribution in [1.82, 2.24) is 19.4 Å². The Morgan fingerprint density at radius 2 is 1.74 bits per heavy atom. The maximum Gasteiger partial charge on any atom is 0.243 e. The molecule has 1 aromatic rings. The number of hydrogen-bond donors (Lipinski definition) is 2. The SMILES string of the molecule is CC(=O)Nc1ccc(S(=O)(=O)N2CCN(C(=O)CCNCC(=O)N3CCCC3C#N)CC2)cc1. The van der Waals surface area contributed by atoms with Gasteiger partial charge in [0.25, 0.3) is 0 Å². The van der Waals surface area contributed by atoms with Gasteiger partial charge in [-0.2, -0.15) is 9.57 Å². The predicted molar refractivity (Wildman–Crippen MR) is 124 cm³/mol. The number of hydrogen-bond acceptors (Lipinski definition) is 7. The van der Waals surface area contributed by atoms with E-state index in [9.17, 15) is 22.8 Å². The number of sulfonamides is 1. The lowest BCUT2D eigenvalue weighted by Gasteiger charge is -2.34. The third-order valence-corrected chi connectivity index (χ3v) is 7.83. The van der Waals surface area contributed by atoms with E-state index < -0.39 is 10.0 Å². The molecular weight excluding hydrogens is 460 g/mol. The molecule has 0 spiro atoms. The average Bonchev–Trinajstić information content (AvgIpc) is 3.31. The summed E-state index contributed by atoms with van der Waals surface area (Å²) >= 11 is 0. The molecule has 34 heavy (non-hydrogen) atoms. The lowest BCUT2D eigenvalue weighted by Crippen LogP contribution is -2.51. The van der Waals surface area contributed by atoms with Crippen LogP contribution < -0.4 is 10.6 Å². The molecule has 2 aliphatic heterocycles. The van der Waals surface area contributed by atoms with Gasteiger partial charge in [-0.3, -0.25) is 14.4 Å². The van der Waals surface area contributed by atoms with E-state index in [1.165, 1.54) is 35.5 Å². The van der Waals surface area contributed by atoms with E-state index in [1.807, 2.05) is 0 Å². The van der Waals surface area contributed by atoms with Crippen LogP contribution in [0.4, 0.5) is 5.69 Å². The normalized spacial score (nSPS) is 19.0. The first kappa shape index (κ1) is 25.6. The van der Waals surface area contributed by atoms with Crippen LogP contribution in [0.2, 0.25) is 0 Å². The molecule has 2 fully saturated rings. The number of rotatable bonds is 8. The standard InChI is InChI=1S/C22H30N6O5S/c1-17(29)25-18-4-6-20(7-5-18)34(32,33)27-13-11-26(12-14-27)21(30)8-9-24-16-22(31)28-10-2-3-19(28)15-23/h4-7,19,24H,2-3,8-14,16H2,1H3,(H,25,29). The van der Waals surface area contributed by atoms with Crippen molar-refractivity contribution in [2.75, 3.05) is 51.1 Å². The summed E-state index contributed by atoms with van der Waals surface area (Å²) in [6.07, 6.45) is 1.73. The zero-order valence-corrected chi connectivity index (χ0v) is 20.0. The second-order valence-electron chi connectivity index (χ2n) is 8.29. The van der Waals surface area contributed by atoms with Crippen LogP contribution in [0.5, 0.6) is 0 Å². The summed E-state index contributed by atoms with van der Waals surface area (Å²) in [5.74, 6) is -0.481. The van der Waals surface area contributed by atoms with Gasteiger partial charge in [0.1, 0.15) is 6.04 Å². The molecule has 2 N–H and O–H groups in total. The van der Waals surface area contributed by atoms with Crippen molar-refractivity contribution in [2.45, 2.75) is 37.1 Å². The molecule has 12 heteroatoms. The topological polar surface area (TPSA) is 143 Å². The third kappa shape index (κ3) is 6.31. The molecule has 0 radical (unpaired) electrons. The number of likely N-dealkylation sites (tertiary alicyclic amines) is 1. The zero-order valence-electron chi connectivity index (χ0n) is 19.2. The van der Waals surface area contributed by atoms with Crippen molar-refractivity contribution in [1.29, 1.82) is 5.26 Å². The molecule has 2 heterocycles. The van der Waals surface area contributed by atoms with Gasteiger partial charge < -0.3 is 20.4 Å². The fraction of sp³-hybridized carbons (Fsp3) is 0.545. The molecule has 0 aliphatic carbocycles. The van der Waals surface area contributed by atoms with Gasteiger partial charge in [-0.15, -0.1) is 0 Å². The summed E-state index contributed by atoms with van der Waals surface area (Å²) < 4.78 is 27.1. The summed E-state index contributed by atoms with van der Waals surface area (Å²) in [5.41, 5.74) is 0.516. The number of amides is 3. The van der Waals surface area contributed by atoms with E-state index in [0.717, 1.165) is 6.42 Å².